The molecule has 4 aromatic carbocycles. The highest BCUT2D eigenvalue weighted by Crippen LogP contribution is 2.35. The monoisotopic (exact) mass is 742 g/mol. The number of rotatable bonds is 5. The zero-order valence-corrected chi connectivity index (χ0v) is 30.3. The molecule has 0 saturated heterocycles. The second-order valence-electron chi connectivity index (χ2n) is 12.4. The summed E-state index contributed by atoms with van der Waals surface area (Å²) in [5.74, 6) is 1.28. The van der Waals surface area contributed by atoms with Crippen LogP contribution in [0.5, 0.6) is 0 Å². The number of aromatic nitrogens is 7. The Kier molecular flexibility index (Phi) is 8.78. The summed E-state index contributed by atoms with van der Waals surface area (Å²) < 4.78 is 12.9. The van der Waals surface area contributed by atoms with Crippen LogP contribution in [0.1, 0.15) is 33.2 Å². The summed E-state index contributed by atoms with van der Waals surface area (Å²) in [7, 11) is 3.64. The zero-order valence-electron chi connectivity index (χ0n) is 28.8. The molecule has 4 aromatic heterocycles. The van der Waals surface area contributed by atoms with Gasteiger partial charge in [0.15, 0.2) is 0 Å². The first-order chi connectivity index (χ1) is 24.5. The van der Waals surface area contributed by atoms with E-state index in [9.17, 15) is 9.59 Å². The third kappa shape index (κ3) is 6.08. The average molecular weight is 744 g/mol. The second-order valence-corrected chi connectivity index (χ2v) is 13.2. The molecule has 4 heterocycles. The quantitative estimate of drug-likeness (QED) is 0.181. The number of benzene rings is 4. The average Bonchev–Trinajstić information content (AvgIpc) is 3.86. The molecule has 11 nitrogen and oxygen atoms in total. The van der Waals surface area contributed by atoms with Crippen LogP contribution >= 0.6 is 15.9 Å². The fourth-order valence-electron chi connectivity index (χ4n) is 6.57. The van der Waals surface area contributed by atoms with E-state index >= 15 is 0 Å². The molecule has 0 bridgehead atoms. The van der Waals surface area contributed by atoms with Gasteiger partial charge < -0.3 is 10.3 Å². The molecule has 8 rings (SSSR count). The molecule has 2 N–H and O–H groups in total. The molecule has 0 saturated carbocycles. The summed E-state index contributed by atoms with van der Waals surface area (Å²) in [4.78, 5) is 30.4. The van der Waals surface area contributed by atoms with Crippen LogP contribution in [0.15, 0.2) is 111 Å². The third-order valence-electron chi connectivity index (χ3n) is 8.99. The summed E-state index contributed by atoms with van der Waals surface area (Å²) >= 11 is 3.60. The van der Waals surface area contributed by atoms with Crippen molar-refractivity contribution in [1.82, 2.24) is 33.6 Å². The predicted octanol–water partition coefficient (Wildman–Crippen LogP) is 7.44. The summed E-state index contributed by atoms with van der Waals surface area (Å²) in [6, 6.07) is 28.9. The van der Waals surface area contributed by atoms with Gasteiger partial charge in [-0.05, 0) is 90.3 Å². The first-order valence-electron chi connectivity index (χ1n) is 16.3. The van der Waals surface area contributed by atoms with E-state index in [1.165, 1.54) is 0 Å². The van der Waals surface area contributed by atoms with Crippen LogP contribution in [0.25, 0.3) is 44.5 Å². The third-order valence-corrected chi connectivity index (χ3v) is 9.60. The minimum atomic E-state index is -0.103. The van der Waals surface area contributed by atoms with Gasteiger partial charge in [0, 0.05) is 41.5 Å². The number of hydrogen-bond donors (Lipinski definition) is 1. The van der Waals surface area contributed by atoms with E-state index in [0.717, 1.165) is 65.9 Å². The Balaban J connectivity index is 0.000000159. The number of hydrogen-bond acceptors (Lipinski definition) is 7. The van der Waals surface area contributed by atoms with Crippen molar-refractivity contribution in [2.24, 2.45) is 14.1 Å². The lowest BCUT2D eigenvalue weighted by Crippen LogP contribution is -2.22. The smallest absolute Gasteiger partial charge is 0.329 e. The Morgan fingerprint density at radius 3 is 2.22 bits per heavy atom. The molecule has 0 spiro atoms. The number of carbonyl (C=O) groups is 1. The van der Waals surface area contributed by atoms with Crippen LogP contribution < -0.4 is 11.4 Å². The van der Waals surface area contributed by atoms with Crippen LogP contribution in [0, 0.1) is 20.8 Å². The number of aryl methyl sites for hydroxylation is 5. The van der Waals surface area contributed by atoms with Crippen molar-refractivity contribution in [3.63, 3.8) is 0 Å². The maximum absolute atomic E-state index is 13.1. The normalized spacial score (nSPS) is 11.3. The molecular weight excluding hydrogens is 708 g/mol. The van der Waals surface area contributed by atoms with E-state index < -0.39 is 0 Å². The van der Waals surface area contributed by atoms with Crippen molar-refractivity contribution in [2.45, 2.75) is 27.3 Å². The molecule has 0 radical (unpaired) electrons. The Morgan fingerprint density at radius 2 is 1.57 bits per heavy atom. The van der Waals surface area contributed by atoms with Gasteiger partial charge in [-0.25, -0.2) is 9.78 Å². The van der Waals surface area contributed by atoms with Crippen molar-refractivity contribution in [3.8, 4) is 22.4 Å². The van der Waals surface area contributed by atoms with Gasteiger partial charge in [-0.3, -0.25) is 23.2 Å². The van der Waals surface area contributed by atoms with Gasteiger partial charge >= 0.3 is 5.69 Å². The molecule has 12 heteroatoms. The fraction of sp³-hybridized carbons (Fsp3) is 0.154. The number of nitrogens with zero attached hydrogens (tertiary/aromatic N) is 7. The van der Waals surface area contributed by atoms with Gasteiger partial charge in [-0.1, -0.05) is 53.7 Å². The van der Waals surface area contributed by atoms with Crippen LogP contribution in [-0.4, -0.2) is 39.5 Å². The molecular formula is C39H35BrN8O3. The minimum absolute atomic E-state index is 0.0762. The van der Waals surface area contributed by atoms with E-state index in [-0.39, 0.29) is 11.6 Å². The lowest BCUT2D eigenvalue weighted by atomic mass is 10.0. The number of anilines is 1. The van der Waals surface area contributed by atoms with Crippen molar-refractivity contribution in [1.29, 1.82) is 0 Å². The fourth-order valence-corrected chi connectivity index (χ4v) is 7.11. The molecule has 0 aliphatic carbocycles. The zero-order chi connectivity index (χ0) is 36.0. The van der Waals surface area contributed by atoms with Gasteiger partial charge in [0.2, 0.25) is 0 Å². The topological polar surface area (TPSA) is 132 Å². The summed E-state index contributed by atoms with van der Waals surface area (Å²) in [6.45, 7) is 6.13. The largest absolute Gasteiger partial charge is 0.397 e. The number of nitrogens with two attached hydrogens (primary N) is 1. The molecule has 256 valence electrons. The number of carbonyl (C=O) groups excluding carboxylic acids is 1. The summed E-state index contributed by atoms with van der Waals surface area (Å²) in [6.07, 6.45) is 1.75. The van der Waals surface area contributed by atoms with Crippen molar-refractivity contribution < 1.29 is 9.32 Å². The van der Waals surface area contributed by atoms with Crippen molar-refractivity contribution >= 4 is 49.6 Å². The molecule has 0 fully saturated rings. The highest BCUT2D eigenvalue weighted by molar-refractivity contribution is 9.10. The second kappa shape index (κ2) is 13.4. The lowest BCUT2D eigenvalue weighted by molar-refractivity contribution is 0.0962. The highest BCUT2D eigenvalue weighted by Gasteiger charge is 2.21. The molecule has 0 unspecified atom stereocenters. The van der Waals surface area contributed by atoms with Crippen LogP contribution in [-0.2, 0) is 20.6 Å². The number of imidazole rings is 2. The number of halogens is 1. The Morgan fingerprint density at radius 1 is 0.882 bits per heavy atom. The Hall–Kier alpha value is -6.01. The SMILES string of the molecule is Cc1noc(C)c1-c1cc(Br)c2nc(C)n(C(=O)c3ccccc3)c2c1.Cn1nccc1-c1cc(N)c2c(c1)n(Cc1ccccc1)c(=O)n2C. The maximum Gasteiger partial charge on any atom is 0.329 e. The van der Waals surface area contributed by atoms with Gasteiger partial charge in [-0.15, -0.1) is 0 Å². The van der Waals surface area contributed by atoms with E-state index in [1.54, 1.807) is 43.8 Å². The maximum atomic E-state index is 13.1. The van der Waals surface area contributed by atoms with E-state index in [1.807, 2.05) is 107 Å². The minimum Gasteiger partial charge on any atom is -0.397 e. The molecule has 51 heavy (non-hydrogen) atoms. The standard InChI is InChI=1S/C20H16BrN3O2.C19H19N5O/c1-11-18(12(2)26-23-11)15-9-16(21)19-17(10-15)24(13(3)22-19)20(25)14-7-5-4-6-8-14;1-22-18-15(20)10-14(16-8-9-21-23(16)2)11-17(18)24(19(22)25)12-13-6-4-3-5-7-13/h4-10H,1-3H3;3-11H,12,20H2,1-2H3. The van der Waals surface area contributed by atoms with Crippen molar-refractivity contribution in [3.05, 3.63) is 141 Å². The first kappa shape index (κ1) is 33.5. The molecule has 0 amide bonds. The van der Waals surface area contributed by atoms with Crippen LogP contribution in [0.3, 0.4) is 0 Å². The van der Waals surface area contributed by atoms with Gasteiger partial charge in [0.05, 0.1) is 40.2 Å². The van der Waals surface area contributed by atoms with Gasteiger partial charge in [0.1, 0.15) is 17.1 Å². The van der Waals surface area contributed by atoms with E-state index in [2.05, 4.69) is 31.2 Å². The predicted molar refractivity (Wildman–Crippen MR) is 203 cm³/mol. The molecule has 8 aromatic rings. The highest BCUT2D eigenvalue weighted by atomic mass is 79.9. The molecule has 0 aliphatic rings. The van der Waals surface area contributed by atoms with E-state index in [0.29, 0.717) is 23.6 Å². The van der Waals surface area contributed by atoms with Crippen molar-refractivity contribution in [2.75, 3.05) is 5.73 Å². The Labute approximate surface area is 301 Å². The summed E-state index contributed by atoms with van der Waals surface area (Å²) in [5.41, 5.74) is 16.1. The van der Waals surface area contributed by atoms with E-state index in [4.69, 9.17) is 10.3 Å². The first-order valence-corrected chi connectivity index (χ1v) is 17.1. The number of fused-ring (bicyclic) bond motifs is 2. The number of nitrogen functional groups attached to an aromatic ring is 1. The van der Waals surface area contributed by atoms with Gasteiger partial charge in [0.25, 0.3) is 5.91 Å². The van der Waals surface area contributed by atoms with Crippen LogP contribution in [0.4, 0.5) is 5.69 Å². The Bertz CT molecular complexity index is 2610. The van der Waals surface area contributed by atoms with Crippen LogP contribution in [0.2, 0.25) is 0 Å². The summed E-state index contributed by atoms with van der Waals surface area (Å²) in [5, 5.41) is 8.25. The lowest BCUT2D eigenvalue weighted by Gasteiger charge is -2.08. The molecule has 0 atom stereocenters. The van der Waals surface area contributed by atoms with Gasteiger partial charge in [-0.2, -0.15) is 5.10 Å². The molecule has 0 aliphatic heterocycles.